The summed E-state index contributed by atoms with van der Waals surface area (Å²) in [6.07, 6.45) is 0.379. The number of hydrogen-bond donors (Lipinski definition) is 2. The van der Waals surface area contributed by atoms with Crippen LogP contribution in [0.2, 0.25) is 0 Å². The lowest BCUT2D eigenvalue weighted by Crippen LogP contribution is -2.31. The third-order valence-corrected chi connectivity index (χ3v) is 3.12. The smallest absolute Gasteiger partial charge is 0.165 e. The Hall–Kier alpha value is -1.26. The molecule has 0 fully saturated rings. The number of aliphatic hydroxyl groups is 1. The van der Waals surface area contributed by atoms with Gasteiger partial charge in [-0.2, -0.15) is 0 Å². The van der Waals surface area contributed by atoms with E-state index in [1.54, 1.807) is 0 Å². The SMILES string of the molecule is CCNCC(O)COc1cccc2c1OC(C)(C)C2. The molecular weight excluding hydrogens is 242 g/mol. The highest BCUT2D eigenvalue weighted by Crippen LogP contribution is 2.41. The van der Waals surface area contributed by atoms with Gasteiger partial charge >= 0.3 is 0 Å². The van der Waals surface area contributed by atoms with Gasteiger partial charge in [0.25, 0.3) is 0 Å². The van der Waals surface area contributed by atoms with E-state index in [2.05, 4.69) is 25.2 Å². The van der Waals surface area contributed by atoms with Crippen molar-refractivity contribution in [1.82, 2.24) is 5.32 Å². The van der Waals surface area contributed by atoms with Gasteiger partial charge in [-0.3, -0.25) is 0 Å². The Kier molecular flexibility index (Phi) is 4.32. The summed E-state index contributed by atoms with van der Waals surface area (Å²) < 4.78 is 11.6. The number of para-hydroxylation sites is 1. The molecule has 1 atom stereocenters. The molecule has 0 amide bonds. The van der Waals surface area contributed by atoms with Gasteiger partial charge in [-0.15, -0.1) is 0 Å². The highest BCUT2D eigenvalue weighted by atomic mass is 16.5. The van der Waals surface area contributed by atoms with Crippen molar-refractivity contribution in [3.63, 3.8) is 0 Å². The number of hydrogen-bond acceptors (Lipinski definition) is 4. The normalized spacial score (nSPS) is 17.7. The number of aliphatic hydroxyl groups excluding tert-OH is 1. The van der Waals surface area contributed by atoms with Crippen LogP contribution in [0.4, 0.5) is 0 Å². The predicted molar refractivity (Wildman–Crippen MR) is 74.9 cm³/mol. The summed E-state index contributed by atoms with van der Waals surface area (Å²) in [4.78, 5) is 0. The summed E-state index contributed by atoms with van der Waals surface area (Å²) in [6, 6.07) is 5.92. The molecule has 1 aromatic rings. The quantitative estimate of drug-likeness (QED) is 0.823. The summed E-state index contributed by atoms with van der Waals surface area (Å²) >= 11 is 0. The minimum atomic E-state index is -0.509. The van der Waals surface area contributed by atoms with Gasteiger partial charge in [0.15, 0.2) is 11.5 Å². The van der Waals surface area contributed by atoms with Crippen LogP contribution in [0, 0.1) is 0 Å². The molecule has 19 heavy (non-hydrogen) atoms. The topological polar surface area (TPSA) is 50.7 Å². The number of benzene rings is 1. The van der Waals surface area contributed by atoms with Crippen LogP contribution in [0.25, 0.3) is 0 Å². The maximum atomic E-state index is 9.76. The van der Waals surface area contributed by atoms with Crippen molar-refractivity contribution in [1.29, 1.82) is 0 Å². The lowest BCUT2D eigenvalue weighted by Gasteiger charge is -2.19. The van der Waals surface area contributed by atoms with Crippen LogP contribution < -0.4 is 14.8 Å². The lowest BCUT2D eigenvalue weighted by molar-refractivity contribution is 0.0977. The lowest BCUT2D eigenvalue weighted by atomic mass is 10.0. The molecule has 0 radical (unpaired) electrons. The van der Waals surface area contributed by atoms with Crippen LogP contribution in [-0.2, 0) is 6.42 Å². The zero-order valence-electron chi connectivity index (χ0n) is 11.9. The third kappa shape index (κ3) is 3.61. The average molecular weight is 265 g/mol. The molecule has 0 bridgehead atoms. The van der Waals surface area contributed by atoms with Crippen molar-refractivity contribution in [3.05, 3.63) is 23.8 Å². The van der Waals surface area contributed by atoms with Gasteiger partial charge in [-0.25, -0.2) is 0 Å². The van der Waals surface area contributed by atoms with Gasteiger partial charge < -0.3 is 19.9 Å². The number of fused-ring (bicyclic) bond motifs is 1. The van der Waals surface area contributed by atoms with E-state index in [1.165, 1.54) is 5.56 Å². The molecule has 1 heterocycles. The predicted octanol–water partition coefficient (Wildman–Crippen LogP) is 1.75. The van der Waals surface area contributed by atoms with Crippen LogP contribution in [0.5, 0.6) is 11.5 Å². The van der Waals surface area contributed by atoms with Crippen molar-refractivity contribution < 1.29 is 14.6 Å². The van der Waals surface area contributed by atoms with E-state index in [0.29, 0.717) is 6.54 Å². The molecule has 1 unspecified atom stereocenters. The number of nitrogens with one attached hydrogen (secondary N) is 1. The van der Waals surface area contributed by atoms with Crippen molar-refractivity contribution in [3.8, 4) is 11.5 Å². The third-order valence-electron chi connectivity index (χ3n) is 3.12. The molecule has 0 aliphatic carbocycles. The Bertz CT molecular complexity index is 431. The maximum absolute atomic E-state index is 9.76. The maximum Gasteiger partial charge on any atom is 0.165 e. The zero-order chi connectivity index (χ0) is 13.9. The molecule has 2 rings (SSSR count). The molecule has 0 saturated heterocycles. The second-order valence-corrected chi connectivity index (χ2v) is 5.56. The van der Waals surface area contributed by atoms with Gasteiger partial charge in [0.2, 0.25) is 0 Å². The van der Waals surface area contributed by atoms with E-state index in [9.17, 15) is 5.11 Å². The van der Waals surface area contributed by atoms with E-state index in [1.807, 2.05) is 19.1 Å². The summed E-state index contributed by atoms with van der Waals surface area (Å²) in [5.41, 5.74) is 0.994. The molecule has 1 aliphatic rings. The minimum Gasteiger partial charge on any atom is -0.487 e. The molecule has 4 nitrogen and oxygen atoms in total. The Morgan fingerprint density at radius 3 is 3.00 bits per heavy atom. The van der Waals surface area contributed by atoms with E-state index >= 15 is 0 Å². The Balaban J connectivity index is 1.98. The first-order valence-electron chi connectivity index (χ1n) is 6.84. The first kappa shape index (κ1) is 14.2. The van der Waals surface area contributed by atoms with E-state index in [-0.39, 0.29) is 12.2 Å². The Morgan fingerprint density at radius 2 is 2.26 bits per heavy atom. The monoisotopic (exact) mass is 265 g/mol. The Morgan fingerprint density at radius 1 is 1.47 bits per heavy atom. The van der Waals surface area contributed by atoms with Gasteiger partial charge in [-0.1, -0.05) is 19.1 Å². The molecule has 106 valence electrons. The van der Waals surface area contributed by atoms with Gasteiger partial charge in [0.05, 0.1) is 0 Å². The number of ether oxygens (including phenoxy) is 2. The van der Waals surface area contributed by atoms with Crippen molar-refractivity contribution in [2.45, 2.75) is 38.9 Å². The zero-order valence-corrected chi connectivity index (χ0v) is 11.9. The minimum absolute atomic E-state index is 0.176. The molecular formula is C15H23NO3. The fraction of sp³-hybridized carbons (Fsp3) is 0.600. The molecule has 0 saturated carbocycles. The van der Waals surface area contributed by atoms with Crippen LogP contribution in [0.1, 0.15) is 26.3 Å². The molecule has 1 aliphatic heterocycles. The second-order valence-electron chi connectivity index (χ2n) is 5.56. The highest BCUT2D eigenvalue weighted by molar-refractivity contribution is 5.50. The fourth-order valence-electron chi connectivity index (χ4n) is 2.26. The van der Waals surface area contributed by atoms with Gasteiger partial charge in [0, 0.05) is 18.5 Å². The summed E-state index contributed by atoms with van der Waals surface area (Å²) in [7, 11) is 0. The first-order chi connectivity index (χ1) is 9.02. The van der Waals surface area contributed by atoms with E-state index in [0.717, 1.165) is 24.5 Å². The molecule has 4 heteroatoms. The molecule has 0 spiro atoms. The van der Waals surface area contributed by atoms with Crippen LogP contribution in [-0.4, -0.2) is 36.5 Å². The highest BCUT2D eigenvalue weighted by Gasteiger charge is 2.32. The summed E-state index contributed by atoms with van der Waals surface area (Å²) in [5, 5.41) is 12.9. The van der Waals surface area contributed by atoms with E-state index in [4.69, 9.17) is 9.47 Å². The van der Waals surface area contributed by atoms with Crippen LogP contribution in [0.15, 0.2) is 18.2 Å². The molecule has 2 N–H and O–H groups in total. The second kappa shape index (κ2) is 5.80. The van der Waals surface area contributed by atoms with Gasteiger partial charge in [0.1, 0.15) is 18.3 Å². The van der Waals surface area contributed by atoms with Crippen molar-refractivity contribution >= 4 is 0 Å². The van der Waals surface area contributed by atoms with Crippen molar-refractivity contribution in [2.75, 3.05) is 19.7 Å². The van der Waals surface area contributed by atoms with Crippen LogP contribution >= 0.6 is 0 Å². The molecule has 0 aromatic heterocycles. The van der Waals surface area contributed by atoms with Crippen molar-refractivity contribution in [2.24, 2.45) is 0 Å². The standard InChI is InChI=1S/C15H23NO3/c1-4-16-9-12(17)10-18-13-7-5-6-11-8-15(2,3)19-14(11)13/h5-7,12,16-17H,4,8-10H2,1-3H3. The molecule has 1 aromatic carbocycles. The largest absolute Gasteiger partial charge is 0.487 e. The number of likely N-dealkylation sites (N-methyl/N-ethyl adjacent to an activating group) is 1. The van der Waals surface area contributed by atoms with E-state index < -0.39 is 6.10 Å². The van der Waals surface area contributed by atoms with Gasteiger partial charge in [-0.05, 0) is 26.5 Å². The summed E-state index contributed by atoms with van der Waals surface area (Å²) in [6.45, 7) is 7.79. The first-order valence-corrected chi connectivity index (χ1v) is 6.84. The van der Waals surface area contributed by atoms with Crippen LogP contribution in [0.3, 0.4) is 0 Å². The number of rotatable bonds is 6. The average Bonchev–Trinajstić information content (AvgIpc) is 2.68. The fourth-order valence-corrected chi connectivity index (χ4v) is 2.26. The Labute approximate surface area is 114 Å². The summed E-state index contributed by atoms with van der Waals surface area (Å²) in [5.74, 6) is 1.54.